The lowest BCUT2D eigenvalue weighted by Crippen LogP contribution is -2.14. The quantitative estimate of drug-likeness (QED) is 0.880. The smallest absolute Gasteiger partial charge is 0.411 e. The molecule has 1 unspecified atom stereocenters. The number of amides is 1. The van der Waals surface area contributed by atoms with Gasteiger partial charge in [0.05, 0.1) is 6.10 Å². The minimum absolute atomic E-state index is 0.233. The molecule has 2 aromatic rings. The number of aliphatic hydroxyl groups is 1. The second kappa shape index (κ2) is 6.62. The summed E-state index contributed by atoms with van der Waals surface area (Å²) in [5.74, 6) is 0.361. The monoisotopic (exact) mass is 297 g/mol. The molecule has 0 bridgehead atoms. The highest BCUT2D eigenvalue weighted by molar-refractivity contribution is 5.84. The van der Waals surface area contributed by atoms with Gasteiger partial charge < -0.3 is 9.84 Å². The van der Waals surface area contributed by atoms with E-state index in [1.54, 1.807) is 12.1 Å². The summed E-state index contributed by atoms with van der Waals surface area (Å²) in [4.78, 5) is 11.8. The molecule has 2 N–H and O–H groups in total. The first kappa shape index (κ1) is 14.6. The van der Waals surface area contributed by atoms with Crippen LogP contribution in [-0.2, 0) is 11.3 Å². The Balaban J connectivity index is 1.55. The third-order valence-corrected chi connectivity index (χ3v) is 3.76. The van der Waals surface area contributed by atoms with Gasteiger partial charge >= 0.3 is 6.09 Å². The van der Waals surface area contributed by atoms with Gasteiger partial charge in [-0.1, -0.05) is 42.5 Å². The molecule has 0 radical (unpaired) electrons. The van der Waals surface area contributed by atoms with Gasteiger partial charge in [-0.2, -0.15) is 0 Å². The fraction of sp³-hybridized carbons (Fsp3) is 0.278. The minimum Gasteiger partial charge on any atom is -0.444 e. The molecule has 0 spiro atoms. The van der Waals surface area contributed by atoms with Crippen molar-refractivity contribution in [2.75, 3.05) is 5.32 Å². The van der Waals surface area contributed by atoms with Crippen molar-refractivity contribution in [2.45, 2.75) is 25.6 Å². The molecule has 1 fully saturated rings. The molecule has 1 amide bonds. The molecule has 4 heteroatoms. The van der Waals surface area contributed by atoms with Gasteiger partial charge in [0.2, 0.25) is 0 Å². The number of carbonyl (C=O) groups excluding carboxylic acids is 1. The van der Waals surface area contributed by atoms with Gasteiger partial charge in [-0.05, 0) is 42.0 Å². The van der Waals surface area contributed by atoms with Crippen molar-refractivity contribution in [3.05, 3.63) is 65.7 Å². The molecule has 0 heterocycles. The SMILES string of the molecule is O=C(Nc1cccc(C(O)C2CC2)c1)OCc1ccccc1. The zero-order chi connectivity index (χ0) is 15.4. The van der Waals surface area contributed by atoms with Gasteiger partial charge in [0.15, 0.2) is 0 Å². The zero-order valence-corrected chi connectivity index (χ0v) is 12.2. The number of nitrogens with one attached hydrogen (secondary N) is 1. The molecular formula is C18H19NO3. The number of rotatable bonds is 5. The Labute approximate surface area is 129 Å². The van der Waals surface area contributed by atoms with E-state index in [4.69, 9.17) is 4.74 Å². The summed E-state index contributed by atoms with van der Waals surface area (Å²) in [5, 5.41) is 12.8. The van der Waals surface area contributed by atoms with Crippen molar-refractivity contribution in [1.29, 1.82) is 0 Å². The molecule has 1 atom stereocenters. The molecule has 22 heavy (non-hydrogen) atoms. The average Bonchev–Trinajstić information content (AvgIpc) is 3.38. The predicted octanol–water partition coefficient (Wildman–Crippen LogP) is 3.88. The summed E-state index contributed by atoms with van der Waals surface area (Å²) in [6.07, 6.45) is 1.19. The van der Waals surface area contributed by atoms with Crippen molar-refractivity contribution in [2.24, 2.45) is 5.92 Å². The molecule has 1 aliphatic rings. The van der Waals surface area contributed by atoms with Crippen LogP contribution in [-0.4, -0.2) is 11.2 Å². The Morgan fingerprint density at radius 2 is 1.95 bits per heavy atom. The summed E-state index contributed by atoms with van der Waals surface area (Å²) in [6.45, 7) is 0.233. The van der Waals surface area contributed by atoms with Crippen molar-refractivity contribution in [3.63, 3.8) is 0 Å². The second-order valence-electron chi connectivity index (χ2n) is 5.59. The minimum atomic E-state index is -0.498. The van der Waals surface area contributed by atoms with Crippen LogP contribution < -0.4 is 5.32 Å². The maximum atomic E-state index is 11.8. The van der Waals surface area contributed by atoms with Gasteiger partial charge in [0.25, 0.3) is 0 Å². The molecule has 1 saturated carbocycles. The standard InChI is InChI=1S/C18H19NO3/c20-17(14-9-10-14)15-7-4-8-16(11-15)19-18(21)22-12-13-5-2-1-3-6-13/h1-8,11,14,17,20H,9-10,12H2,(H,19,21). The maximum absolute atomic E-state index is 11.8. The van der Waals surface area contributed by atoms with E-state index in [1.807, 2.05) is 42.5 Å². The maximum Gasteiger partial charge on any atom is 0.411 e. The van der Waals surface area contributed by atoms with Crippen molar-refractivity contribution < 1.29 is 14.6 Å². The van der Waals surface area contributed by atoms with Gasteiger partial charge in [0, 0.05) is 5.69 Å². The first-order valence-corrected chi connectivity index (χ1v) is 7.48. The number of ether oxygens (including phenoxy) is 1. The predicted molar refractivity (Wildman–Crippen MR) is 84.4 cm³/mol. The molecule has 1 aliphatic carbocycles. The number of aliphatic hydroxyl groups excluding tert-OH is 1. The van der Waals surface area contributed by atoms with Crippen LogP contribution in [0, 0.1) is 5.92 Å². The molecule has 0 aromatic heterocycles. The highest BCUT2D eigenvalue weighted by atomic mass is 16.5. The van der Waals surface area contributed by atoms with Gasteiger partial charge in [-0.25, -0.2) is 4.79 Å². The number of benzene rings is 2. The average molecular weight is 297 g/mol. The van der Waals surface area contributed by atoms with E-state index in [2.05, 4.69) is 5.32 Å². The van der Waals surface area contributed by atoms with E-state index in [-0.39, 0.29) is 6.61 Å². The van der Waals surface area contributed by atoms with Crippen LogP contribution in [0.5, 0.6) is 0 Å². The zero-order valence-electron chi connectivity index (χ0n) is 12.2. The van der Waals surface area contributed by atoms with E-state index in [0.29, 0.717) is 11.6 Å². The number of carbonyl (C=O) groups is 1. The molecule has 0 saturated heterocycles. The highest BCUT2D eigenvalue weighted by Gasteiger charge is 2.30. The van der Waals surface area contributed by atoms with Crippen LogP contribution >= 0.6 is 0 Å². The molecule has 0 aliphatic heterocycles. The summed E-state index contributed by atoms with van der Waals surface area (Å²) in [6, 6.07) is 16.8. The highest BCUT2D eigenvalue weighted by Crippen LogP contribution is 2.41. The number of hydrogen-bond acceptors (Lipinski definition) is 3. The molecule has 4 nitrogen and oxygen atoms in total. The fourth-order valence-electron chi connectivity index (χ4n) is 2.36. The third-order valence-electron chi connectivity index (χ3n) is 3.76. The van der Waals surface area contributed by atoms with Gasteiger partial charge in [-0.3, -0.25) is 5.32 Å². The Hall–Kier alpha value is -2.33. The third kappa shape index (κ3) is 3.86. The summed E-state index contributed by atoms with van der Waals surface area (Å²) >= 11 is 0. The Morgan fingerprint density at radius 1 is 1.18 bits per heavy atom. The summed E-state index contributed by atoms with van der Waals surface area (Å²) in [5.41, 5.74) is 2.41. The lowest BCUT2D eigenvalue weighted by molar-refractivity contribution is 0.153. The van der Waals surface area contributed by atoms with Gasteiger partial charge in [-0.15, -0.1) is 0 Å². The largest absolute Gasteiger partial charge is 0.444 e. The Bertz CT molecular complexity index is 638. The topological polar surface area (TPSA) is 58.6 Å². The first-order valence-electron chi connectivity index (χ1n) is 7.48. The van der Waals surface area contributed by atoms with Crippen LogP contribution in [0.4, 0.5) is 10.5 Å². The lowest BCUT2D eigenvalue weighted by Gasteiger charge is -2.12. The van der Waals surface area contributed by atoms with E-state index in [9.17, 15) is 9.90 Å². The van der Waals surface area contributed by atoms with Crippen LogP contribution in [0.15, 0.2) is 54.6 Å². The molecular weight excluding hydrogens is 278 g/mol. The fourth-order valence-corrected chi connectivity index (χ4v) is 2.36. The van der Waals surface area contributed by atoms with E-state index in [1.165, 1.54) is 0 Å². The number of anilines is 1. The van der Waals surface area contributed by atoms with Crippen LogP contribution in [0.1, 0.15) is 30.1 Å². The van der Waals surface area contributed by atoms with E-state index < -0.39 is 12.2 Å². The van der Waals surface area contributed by atoms with Gasteiger partial charge in [0.1, 0.15) is 6.61 Å². The van der Waals surface area contributed by atoms with E-state index >= 15 is 0 Å². The first-order chi connectivity index (χ1) is 10.7. The van der Waals surface area contributed by atoms with E-state index in [0.717, 1.165) is 24.0 Å². The van der Waals surface area contributed by atoms with Crippen molar-refractivity contribution >= 4 is 11.8 Å². The Morgan fingerprint density at radius 3 is 2.68 bits per heavy atom. The molecule has 3 rings (SSSR count). The van der Waals surface area contributed by atoms with Crippen molar-refractivity contribution in [1.82, 2.24) is 0 Å². The second-order valence-corrected chi connectivity index (χ2v) is 5.59. The summed E-state index contributed by atoms with van der Waals surface area (Å²) in [7, 11) is 0. The molecule has 114 valence electrons. The van der Waals surface area contributed by atoms with Crippen LogP contribution in [0.3, 0.4) is 0 Å². The van der Waals surface area contributed by atoms with Crippen molar-refractivity contribution in [3.8, 4) is 0 Å². The number of hydrogen-bond donors (Lipinski definition) is 2. The lowest BCUT2D eigenvalue weighted by atomic mass is 10.1. The normalized spacial score (nSPS) is 15.1. The molecule has 2 aromatic carbocycles. The van der Waals surface area contributed by atoms with Crippen LogP contribution in [0.2, 0.25) is 0 Å². The summed E-state index contributed by atoms with van der Waals surface area (Å²) < 4.78 is 5.18. The van der Waals surface area contributed by atoms with Crippen LogP contribution in [0.25, 0.3) is 0 Å². The Kier molecular flexibility index (Phi) is 4.39.